The average Bonchev–Trinajstić information content (AvgIpc) is 3.50. The molecule has 4 aromatic rings. The normalized spacial score (nSPS) is 16.0. The van der Waals surface area contributed by atoms with E-state index in [-0.39, 0.29) is 35.6 Å². The Morgan fingerprint density at radius 3 is 2.22 bits per heavy atom. The first kappa shape index (κ1) is 32.3. The Hall–Kier alpha value is -5.11. The number of carbonyl (C=O) groups is 3. The maximum Gasteiger partial charge on any atom is 0.255 e. The number of halogens is 2. The molecule has 0 aromatic heterocycles. The molecule has 46 heavy (non-hydrogen) atoms. The van der Waals surface area contributed by atoms with E-state index in [2.05, 4.69) is 49.6 Å². The van der Waals surface area contributed by atoms with Crippen molar-refractivity contribution in [2.45, 2.75) is 32.9 Å². The molecule has 1 aliphatic heterocycles. The van der Waals surface area contributed by atoms with Crippen LogP contribution in [0.15, 0.2) is 109 Å². The highest BCUT2D eigenvalue weighted by molar-refractivity contribution is 6.15. The van der Waals surface area contributed by atoms with Crippen LogP contribution in [0.2, 0.25) is 0 Å². The SMILES string of the molecule is C=C([C@@H]1C[C@@H](C(N)=O)N(C(=O)c2ccccc2C(=O)c2ccc(F)cc2F)C1)N(Cc1ccccc1-c1ccccc1)CC(C)C. The third kappa shape index (κ3) is 6.91. The van der Waals surface area contributed by atoms with Crippen molar-refractivity contribution in [1.29, 1.82) is 0 Å². The smallest absolute Gasteiger partial charge is 0.255 e. The van der Waals surface area contributed by atoms with Gasteiger partial charge in [-0.1, -0.05) is 93.2 Å². The molecule has 0 spiro atoms. The molecule has 6 nitrogen and oxygen atoms in total. The van der Waals surface area contributed by atoms with Gasteiger partial charge in [-0.05, 0) is 47.2 Å². The van der Waals surface area contributed by atoms with Crippen LogP contribution < -0.4 is 5.73 Å². The van der Waals surface area contributed by atoms with Crippen molar-refractivity contribution in [2.75, 3.05) is 13.1 Å². The van der Waals surface area contributed by atoms with Crippen molar-refractivity contribution in [3.05, 3.63) is 143 Å². The number of hydrogen-bond donors (Lipinski definition) is 1. The average molecular weight is 622 g/mol. The molecular weight excluding hydrogens is 584 g/mol. The number of ketones is 1. The predicted octanol–water partition coefficient (Wildman–Crippen LogP) is 6.85. The van der Waals surface area contributed by atoms with Gasteiger partial charge in [0.1, 0.15) is 17.7 Å². The number of carbonyl (C=O) groups excluding carboxylic acids is 3. The lowest BCUT2D eigenvalue weighted by atomic mass is 9.97. The number of nitrogens with two attached hydrogens (primary N) is 1. The van der Waals surface area contributed by atoms with Crippen molar-refractivity contribution < 1.29 is 23.2 Å². The Labute approximate surface area is 268 Å². The van der Waals surface area contributed by atoms with Crippen LogP contribution in [-0.4, -0.2) is 46.5 Å². The third-order valence-corrected chi connectivity index (χ3v) is 8.39. The van der Waals surface area contributed by atoms with Gasteiger partial charge >= 0.3 is 0 Å². The summed E-state index contributed by atoms with van der Waals surface area (Å²) in [6.07, 6.45) is 0.275. The van der Waals surface area contributed by atoms with Crippen LogP contribution in [0.25, 0.3) is 11.1 Å². The van der Waals surface area contributed by atoms with E-state index in [1.165, 1.54) is 17.0 Å². The number of benzene rings is 4. The van der Waals surface area contributed by atoms with E-state index in [0.717, 1.165) is 34.5 Å². The topological polar surface area (TPSA) is 83.7 Å². The minimum Gasteiger partial charge on any atom is -0.370 e. The van der Waals surface area contributed by atoms with Gasteiger partial charge in [0, 0.05) is 42.9 Å². The van der Waals surface area contributed by atoms with Crippen LogP contribution in [-0.2, 0) is 11.3 Å². The van der Waals surface area contributed by atoms with Gasteiger partial charge in [0.15, 0.2) is 5.78 Å². The molecule has 236 valence electrons. The highest BCUT2D eigenvalue weighted by Crippen LogP contribution is 2.34. The summed E-state index contributed by atoms with van der Waals surface area (Å²) in [4.78, 5) is 43.7. The molecule has 4 aromatic carbocycles. The summed E-state index contributed by atoms with van der Waals surface area (Å²) in [5.41, 5.74) is 9.54. The van der Waals surface area contributed by atoms with Gasteiger partial charge in [-0.15, -0.1) is 0 Å². The van der Waals surface area contributed by atoms with Crippen LogP contribution in [0.3, 0.4) is 0 Å². The van der Waals surface area contributed by atoms with Crippen LogP contribution in [0.5, 0.6) is 0 Å². The fourth-order valence-electron chi connectivity index (χ4n) is 6.16. The van der Waals surface area contributed by atoms with E-state index >= 15 is 0 Å². The summed E-state index contributed by atoms with van der Waals surface area (Å²) < 4.78 is 28.1. The zero-order chi connectivity index (χ0) is 33.0. The Bertz CT molecular complexity index is 1770. The van der Waals surface area contributed by atoms with Crippen molar-refractivity contribution >= 4 is 17.6 Å². The first-order valence-corrected chi connectivity index (χ1v) is 15.3. The van der Waals surface area contributed by atoms with Gasteiger partial charge in [0.05, 0.1) is 11.1 Å². The minimum atomic E-state index is -1.03. The first-order valence-electron chi connectivity index (χ1n) is 15.3. The van der Waals surface area contributed by atoms with Gasteiger partial charge in [-0.3, -0.25) is 14.4 Å². The minimum absolute atomic E-state index is 0.00422. The maximum atomic E-state index is 14.5. The molecule has 0 saturated carbocycles. The molecule has 2 amide bonds. The molecular formula is C38H37F2N3O3. The fourth-order valence-corrected chi connectivity index (χ4v) is 6.16. The Morgan fingerprint density at radius 2 is 1.54 bits per heavy atom. The highest BCUT2D eigenvalue weighted by atomic mass is 19.1. The molecule has 5 rings (SSSR count). The molecule has 0 aliphatic carbocycles. The van der Waals surface area contributed by atoms with Gasteiger partial charge < -0.3 is 15.5 Å². The Morgan fingerprint density at radius 1 is 0.891 bits per heavy atom. The van der Waals surface area contributed by atoms with Crippen LogP contribution in [0.4, 0.5) is 8.78 Å². The van der Waals surface area contributed by atoms with E-state index < -0.39 is 35.3 Å². The number of amides is 2. The second-order valence-electron chi connectivity index (χ2n) is 12.1. The molecule has 2 atom stereocenters. The molecule has 1 heterocycles. The Balaban J connectivity index is 1.42. The molecule has 0 bridgehead atoms. The van der Waals surface area contributed by atoms with Crippen molar-refractivity contribution in [3.63, 3.8) is 0 Å². The lowest BCUT2D eigenvalue weighted by Gasteiger charge is -2.32. The standard InChI is InChI=1S/C38H37F2N3O3/c1-24(2)21-42(22-27-13-7-8-14-30(27)26-11-5-4-6-12-26)25(3)28-19-35(37(41)45)43(23-28)38(46)32-16-10-9-15-31(32)36(44)33-18-17-29(39)20-34(33)40/h4-18,20,24,28,35H,3,19,21-23H2,1-2H3,(H2,41,45)/t28-,35+/m1/s1. The van der Waals surface area contributed by atoms with Crippen molar-refractivity contribution in [3.8, 4) is 11.1 Å². The van der Waals surface area contributed by atoms with Crippen LogP contribution >= 0.6 is 0 Å². The second-order valence-corrected chi connectivity index (χ2v) is 12.1. The Kier molecular flexibility index (Phi) is 9.75. The first-order chi connectivity index (χ1) is 22.0. The molecule has 1 aliphatic rings. The summed E-state index contributed by atoms with van der Waals surface area (Å²) in [5.74, 6) is -3.83. The molecule has 0 unspecified atom stereocenters. The molecule has 8 heteroatoms. The van der Waals surface area contributed by atoms with E-state index in [0.29, 0.717) is 25.1 Å². The van der Waals surface area contributed by atoms with E-state index in [9.17, 15) is 23.2 Å². The van der Waals surface area contributed by atoms with Crippen LogP contribution in [0.1, 0.15) is 52.1 Å². The summed E-state index contributed by atoms with van der Waals surface area (Å²) in [5, 5.41) is 0. The summed E-state index contributed by atoms with van der Waals surface area (Å²) in [7, 11) is 0. The number of rotatable bonds is 11. The van der Waals surface area contributed by atoms with E-state index in [4.69, 9.17) is 5.73 Å². The largest absolute Gasteiger partial charge is 0.370 e. The fraction of sp³-hybridized carbons (Fsp3) is 0.237. The molecule has 0 radical (unpaired) electrons. The second kappa shape index (κ2) is 13.9. The number of primary amides is 1. The van der Waals surface area contributed by atoms with Gasteiger partial charge in [-0.2, -0.15) is 0 Å². The van der Waals surface area contributed by atoms with Gasteiger partial charge in [-0.25, -0.2) is 8.78 Å². The quantitative estimate of drug-likeness (QED) is 0.186. The summed E-state index contributed by atoms with van der Waals surface area (Å²) in [6.45, 7) is 10.1. The van der Waals surface area contributed by atoms with E-state index in [1.807, 2.05) is 30.3 Å². The summed E-state index contributed by atoms with van der Waals surface area (Å²) >= 11 is 0. The number of likely N-dealkylation sites (tertiary alicyclic amines) is 1. The molecule has 2 N–H and O–H groups in total. The lowest BCUT2D eigenvalue weighted by molar-refractivity contribution is -0.121. The highest BCUT2D eigenvalue weighted by Gasteiger charge is 2.41. The monoisotopic (exact) mass is 621 g/mol. The number of nitrogens with zero attached hydrogens (tertiary/aromatic N) is 2. The maximum absolute atomic E-state index is 14.5. The van der Waals surface area contributed by atoms with Crippen molar-refractivity contribution in [1.82, 2.24) is 9.80 Å². The van der Waals surface area contributed by atoms with Gasteiger partial charge in [0.25, 0.3) is 5.91 Å². The number of hydrogen-bond acceptors (Lipinski definition) is 4. The lowest BCUT2D eigenvalue weighted by Crippen LogP contribution is -2.44. The predicted molar refractivity (Wildman–Crippen MR) is 175 cm³/mol. The zero-order valence-corrected chi connectivity index (χ0v) is 26.0. The van der Waals surface area contributed by atoms with Gasteiger partial charge in [0.2, 0.25) is 5.91 Å². The van der Waals surface area contributed by atoms with Crippen LogP contribution in [0, 0.1) is 23.5 Å². The zero-order valence-electron chi connectivity index (χ0n) is 26.0. The summed E-state index contributed by atoms with van der Waals surface area (Å²) in [6, 6.07) is 26.1. The van der Waals surface area contributed by atoms with E-state index in [1.54, 1.807) is 12.1 Å². The third-order valence-electron chi connectivity index (χ3n) is 8.39. The molecule has 1 saturated heterocycles. The van der Waals surface area contributed by atoms with Crippen molar-refractivity contribution in [2.24, 2.45) is 17.6 Å². The molecule has 1 fully saturated rings.